The summed E-state index contributed by atoms with van der Waals surface area (Å²) in [5, 5.41) is 3.71. The lowest BCUT2D eigenvalue weighted by molar-refractivity contribution is 0.0638. The maximum absolute atomic E-state index is 12.6. The Morgan fingerprint density at radius 2 is 1.79 bits per heavy atom. The van der Waals surface area contributed by atoms with Crippen LogP contribution in [0.4, 0.5) is 0 Å². The van der Waals surface area contributed by atoms with Gasteiger partial charge in [-0.05, 0) is 36.4 Å². The molecule has 0 bridgehead atoms. The molecule has 3 rings (SSSR count). The third kappa shape index (κ3) is 5.47. The Balaban J connectivity index is 1.43. The number of piperazine rings is 1. The van der Waals surface area contributed by atoms with Crippen LogP contribution in [0.1, 0.15) is 20.7 Å². The number of benzene rings is 2. The second-order valence-electron chi connectivity index (χ2n) is 6.52. The fourth-order valence-electron chi connectivity index (χ4n) is 3.08. The van der Waals surface area contributed by atoms with E-state index in [9.17, 15) is 9.59 Å². The Morgan fingerprint density at radius 1 is 1.04 bits per heavy atom. The van der Waals surface area contributed by atoms with Gasteiger partial charge in [0.15, 0.2) is 0 Å². The van der Waals surface area contributed by atoms with Crippen LogP contribution in [0.3, 0.4) is 0 Å². The largest absolute Gasteiger partial charge is 0.351 e. The van der Waals surface area contributed by atoms with Gasteiger partial charge in [-0.15, -0.1) is 0 Å². The number of rotatable bonds is 5. The van der Waals surface area contributed by atoms with Crippen molar-refractivity contribution in [2.75, 3.05) is 39.3 Å². The van der Waals surface area contributed by atoms with Crippen LogP contribution in [0.2, 0.25) is 10.0 Å². The first-order valence-electron chi connectivity index (χ1n) is 8.94. The molecule has 8 heteroatoms. The SMILES string of the molecule is O=C(NCCN1CCN(C(=O)c2cccc(Br)c2)CC1)c1ccc(Cl)cc1Cl. The van der Waals surface area contributed by atoms with E-state index in [4.69, 9.17) is 23.2 Å². The summed E-state index contributed by atoms with van der Waals surface area (Å²) in [6, 6.07) is 12.3. The summed E-state index contributed by atoms with van der Waals surface area (Å²) in [7, 11) is 0. The molecule has 0 aliphatic carbocycles. The van der Waals surface area contributed by atoms with E-state index >= 15 is 0 Å². The van der Waals surface area contributed by atoms with Crippen molar-refractivity contribution in [3.8, 4) is 0 Å². The molecule has 0 aromatic heterocycles. The van der Waals surface area contributed by atoms with E-state index in [1.54, 1.807) is 18.2 Å². The zero-order valence-electron chi connectivity index (χ0n) is 15.1. The molecule has 2 aromatic rings. The first-order valence-corrected chi connectivity index (χ1v) is 10.5. The minimum atomic E-state index is -0.217. The number of nitrogens with zero attached hydrogens (tertiary/aromatic N) is 2. The molecule has 1 fully saturated rings. The lowest BCUT2D eigenvalue weighted by atomic mass is 10.2. The van der Waals surface area contributed by atoms with E-state index in [-0.39, 0.29) is 11.8 Å². The Kier molecular flexibility index (Phi) is 7.35. The second kappa shape index (κ2) is 9.74. The van der Waals surface area contributed by atoms with Crippen LogP contribution in [0, 0.1) is 0 Å². The molecule has 0 unspecified atom stereocenters. The first-order chi connectivity index (χ1) is 13.4. The van der Waals surface area contributed by atoms with Crippen molar-refractivity contribution in [2.45, 2.75) is 0 Å². The molecule has 0 atom stereocenters. The summed E-state index contributed by atoms with van der Waals surface area (Å²) >= 11 is 15.3. The van der Waals surface area contributed by atoms with Crippen molar-refractivity contribution in [2.24, 2.45) is 0 Å². The summed E-state index contributed by atoms with van der Waals surface area (Å²) in [5.41, 5.74) is 1.10. The average molecular weight is 485 g/mol. The van der Waals surface area contributed by atoms with E-state index in [2.05, 4.69) is 26.1 Å². The van der Waals surface area contributed by atoms with E-state index in [0.29, 0.717) is 40.8 Å². The maximum atomic E-state index is 12.6. The molecule has 1 aliphatic heterocycles. The maximum Gasteiger partial charge on any atom is 0.253 e. The van der Waals surface area contributed by atoms with Gasteiger partial charge in [0.25, 0.3) is 11.8 Å². The number of carbonyl (C=O) groups is 2. The highest BCUT2D eigenvalue weighted by Crippen LogP contribution is 2.20. The Hall–Kier alpha value is -1.60. The molecule has 1 saturated heterocycles. The van der Waals surface area contributed by atoms with Crippen molar-refractivity contribution in [3.63, 3.8) is 0 Å². The van der Waals surface area contributed by atoms with Gasteiger partial charge in [0.1, 0.15) is 0 Å². The van der Waals surface area contributed by atoms with Crippen molar-refractivity contribution in [1.82, 2.24) is 15.1 Å². The van der Waals surface area contributed by atoms with Crippen molar-refractivity contribution >= 4 is 50.9 Å². The summed E-state index contributed by atoms with van der Waals surface area (Å²) in [5.74, 6) is -0.170. The van der Waals surface area contributed by atoms with Crippen LogP contribution >= 0.6 is 39.1 Å². The summed E-state index contributed by atoms with van der Waals surface area (Å²) in [6.45, 7) is 4.12. The van der Waals surface area contributed by atoms with E-state index < -0.39 is 0 Å². The third-order valence-electron chi connectivity index (χ3n) is 4.62. The standard InChI is InChI=1S/C20H20BrCl2N3O2/c21-15-3-1-2-14(12-15)20(28)26-10-8-25(9-11-26)7-6-24-19(27)17-5-4-16(22)13-18(17)23/h1-5,12-13H,6-11H2,(H,24,27). The van der Waals surface area contributed by atoms with Gasteiger partial charge in [-0.1, -0.05) is 45.2 Å². The van der Waals surface area contributed by atoms with E-state index in [0.717, 1.165) is 24.1 Å². The molecule has 0 spiro atoms. The molecule has 2 amide bonds. The van der Waals surface area contributed by atoms with Crippen molar-refractivity contribution < 1.29 is 9.59 Å². The van der Waals surface area contributed by atoms with Gasteiger partial charge in [0.05, 0.1) is 10.6 Å². The van der Waals surface area contributed by atoms with Gasteiger partial charge in [-0.3, -0.25) is 14.5 Å². The van der Waals surface area contributed by atoms with Gasteiger partial charge in [0.2, 0.25) is 0 Å². The molecule has 1 aliphatic rings. The zero-order chi connectivity index (χ0) is 20.1. The molecule has 0 radical (unpaired) electrons. The number of amides is 2. The summed E-state index contributed by atoms with van der Waals surface area (Å²) in [6.07, 6.45) is 0. The zero-order valence-corrected chi connectivity index (χ0v) is 18.2. The van der Waals surface area contributed by atoms with Gasteiger partial charge in [-0.25, -0.2) is 0 Å². The third-order valence-corrected chi connectivity index (χ3v) is 5.66. The molecule has 0 saturated carbocycles. The van der Waals surface area contributed by atoms with Crippen LogP contribution in [0.5, 0.6) is 0 Å². The molecule has 1 heterocycles. The van der Waals surface area contributed by atoms with Gasteiger partial charge >= 0.3 is 0 Å². The number of hydrogen-bond acceptors (Lipinski definition) is 3. The molecule has 28 heavy (non-hydrogen) atoms. The van der Waals surface area contributed by atoms with Crippen molar-refractivity contribution in [3.05, 3.63) is 68.1 Å². The monoisotopic (exact) mass is 483 g/mol. The predicted octanol–water partition coefficient (Wildman–Crippen LogP) is 3.94. The minimum Gasteiger partial charge on any atom is -0.351 e. The molecule has 2 aromatic carbocycles. The van der Waals surface area contributed by atoms with Crippen LogP contribution < -0.4 is 5.32 Å². The molecular weight excluding hydrogens is 465 g/mol. The smallest absolute Gasteiger partial charge is 0.253 e. The Labute approximate surface area is 182 Å². The molecule has 148 valence electrons. The van der Waals surface area contributed by atoms with Gasteiger partial charge < -0.3 is 10.2 Å². The summed E-state index contributed by atoms with van der Waals surface area (Å²) < 4.78 is 0.897. The second-order valence-corrected chi connectivity index (χ2v) is 8.28. The number of nitrogens with one attached hydrogen (secondary N) is 1. The molecule has 5 nitrogen and oxygen atoms in total. The normalized spacial score (nSPS) is 14.8. The topological polar surface area (TPSA) is 52.7 Å². The van der Waals surface area contributed by atoms with Crippen LogP contribution in [-0.4, -0.2) is 60.9 Å². The quantitative estimate of drug-likeness (QED) is 0.699. The van der Waals surface area contributed by atoms with E-state index in [1.807, 2.05) is 29.2 Å². The van der Waals surface area contributed by atoms with Gasteiger partial charge in [-0.2, -0.15) is 0 Å². The van der Waals surface area contributed by atoms with E-state index in [1.165, 1.54) is 0 Å². The highest BCUT2D eigenvalue weighted by molar-refractivity contribution is 9.10. The fraction of sp³-hybridized carbons (Fsp3) is 0.300. The van der Waals surface area contributed by atoms with Crippen molar-refractivity contribution in [1.29, 1.82) is 0 Å². The fourth-order valence-corrected chi connectivity index (χ4v) is 3.97. The minimum absolute atomic E-state index is 0.0478. The Bertz CT molecular complexity index is 870. The predicted molar refractivity (Wildman–Crippen MR) is 115 cm³/mol. The highest BCUT2D eigenvalue weighted by atomic mass is 79.9. The molecule has 1 N–H and O–H groups in total. The first kappa shape index (κ1) is 21.1. The molecular formula is C20H20BrCl2N3O2. The number of halogens is 3. The number of carbonyl (C=O) groups excluding carboxylic acids is 2. The number of hydrogen-bond donors (Lipinski definition) is 1. The van der Waals surface area contributed by atoms with Crippen LogP contribution in [0.15, 0.2) is 46.9 Å². The summed E-state index contributed by atoms with van der Waals surface area (Å²) in [4.78, 5) is 28.9. The lowest BCUT2D eigenvalue weighted by Crippen LogP contribution is -2.50. The Morgan fingerprint density at radius 3 is 2.46 bits per heavy atom. The average Bonchev–Trinajstić information content (AvgIpc) is 2.68. The van der Waals surface area contributed by atoms with Gasteiger partial charge in [0, 0.05) is 54.3 Å². The van der Waals surface area contributed by atoms with Crippen LogP contribution in [-0.2, 0) is 0 Å². The van der Waals surface area contributed by atoms with Crippen LogP contribution in [0.25, 0.3) is 0 Å². The highest BCUT2D eigenvalue weighted by Gasteiger charge is 2.22. The lowest BCUT2D eigenvalue weighted by Gasteiger charge is -2.34.